The van der Waals surface area contributed by atoms with Crippen molar-refractivity contribution in [1.82, 2.24) is 0 Å². The molecule has 0 saturated carbocycles. The van der Waals surface area contributed by atoms with Crippen LogP contribution in [0.2, 0.25) is 10.0 Å². The highest BCUT2D eigenvalue weighted by molar-refractivity contribution is 7.86. The highest BCUT2D eigenvalue weighted by Crippen LogP contribution is 2.42. The molecule has 196 valence electrons. The Kier molecular flexibility index (Phi) is 7.89. The number of fused-ring (bicyclic) bond motifs is 1. The number of benzene rings is 4. The molecule has 12 heteroatoms. The van der Waals surface area contributed by atoms with Gasteiger partial charge in [0.25, 0.3) is 16.0 Å². The van der Waals surface area contributed by atoms with Crippen molar-refractivity contribution in [1.29, 1.82) is 0 Å². The van der Waals surface area contributed by atoms with Crippen LogP contribution in [0.1, 0.15) is 22.8 Å². The summed E-state index contributed by atoms with van der Waals surface area (Å²) in [6, 6.07) is 15.9. The first kappa shape index (κ1) is 27.3. The molecule has 4 rings (SSSR count). The second kappa shape index (κ2) is 11.0. The zero-order chi connectivity index (χ0) is 27.6. The number of nitrogens with one attached hydrogen (secondary N) is 1. The molecule has 0 aromatic heterocycles. The Labute approximate surface area is 228 Å². The van der Waals surface area contributed by atoms with Crippen LogP contribution in [-0.2, 0) is 16.5 Å². The number of azo groups is 1. The first-order valence-electron chi connectivity index (χ1n) is 11.2. The lowest BCUT2D eigenvalue weighted by Crippen LogP contribution is -2.13. The lowest BCUT2D eigenvalue weighted by Gasteiger charge is -2.14. The van der Waals surface area contributed by atoms with Crippen molar-refractivity contribution in [2.45, 2.75) is 18.2 Å². The Hall–Kier alpha value is -3.70. The Bertz CT molecular complexity index is 1710. The van der Waals surface area contributed by atoms with Gasteiger partial charge in [-0.1, -0.05) is 66.5 Å². The van der Waals surface area contributed by atoms with E-state index in [1.54, 1.807) is 49.4 Å². The smallest absolute Gasteiger partial charge is 0.296 e. The van der Waals surface area contributed by atoms with Gasteiger partial charge in [0.05, 0.1) is 22.7 Å². The Morgan fingerprint density at radius 3 is 2.42 bits per heavy atom. The largest absolute Gasteiger partial charge is 0.505 e. The number of carbonyl (C=O) groups is 1. The number of carbonyl (C=O) groups excluding carboxylic acids is 1. The molecule has 0 aliphatic heterocycles. The van der Waals surface area contributed by atoms with Gasteiger partial charge in [-0.3, -0.25) is 9.35 Å². The Balaban J connectivity index is 1.86. The third-order valence-electron chi connectivity index (χ3n) is 5.75. The molecule has 0 unspecified atom stereocenters. The number of halogens is 2. The number of phenols is 1. The van der Waals surface area contributed by atoms with Crippen LogP contribution in [0.25, 0.3) is 10.8 Å². The van der Waals surface area contributed by atoms with Gasteiger partial charge in [0, 0.05) is 5.39 Å². The van der Waals surface area contributed by atoms with E-state index in [2.05, 4.69) is 15.5 Å². The monoisotopic (exact) mass is 573 g/mol. The van der Waals surface area contributed by atoms with Gasteiger partial charge in [-0.25, -0.2) is 0 Å². The fourth-order valence-corrected chi connectivity index (χ4v) is 5.14. The number of hydrogen-bond acceptors (Lipinski definition) is 7. The fourth-order valence-electron chi connectivity index (χ4n) is 3.85. The maximum Gasteiger partial charge on any atom is 0.296 e. The number of aryl methyl sites for hydroxylation is 1. The number of rotatable bonds is 7. The number of para-hydroxylation sites is 1. The van der Waals surface area contributed by atoms with Gasteiger partial charge in [0.15, 0.2) is 5.75 Å². The number of ether oxygens (including phenoxy) is 1. The molecule has 0 spiro atoms. The van der Waals surface area contributed by atoms with Crippen molar-refractivity contribution in [3.63, 3.8) is 0 Å². The molecular formula is C26H21Cl2N3O6S. The lowest BCUT2D eigenvalue weighted by atomic mass is 10.0. The summed E-state index contributed by atoms with van der Waals surface area (Å²) >= 11 is 12.5. The van der Waals surface area contributed by atoms with Gasteiger partial charge >= 0.3 is 0 Å². The molecule has 0 heterocycles. The average Bonchev–Trinajstić information content (AvgIpc) is 2.88. The molecule has 4 aromatic carbocycles. The van der Waals surface area contributed by atoms with Crippen LogP contribution in [0, 0.1) is 0 Å². The number of aromatic hydroxyl groups is 1. The molecule has 1 amide bonds. The second-order valence-corrected chi connectivity index (χ2v) is 10.2. The zero-order valence-corrected chi connectivity index (χ0v) is 22.4. The molecule has 0 fully saturated rings. The highest BCUT2D eigenvalue weighted by atomic mass is 35.5. The summed E-state index contributed by atoms with van der Waals surface area (Å²) in [4.78, 5) is 12.7. The van der Waals surface area contributed by atoms with Gasteiger partial charge < -0.3 is 15.2 Å². The number of amides is 1. The maximum absolute atomic E-state index is 13.3. The minimum atomic E-state index is -4.62. The van der Waals surface area contributed by atoms with Crippen molar-refractivity contribution in [2.24, 2.45) is 10.2 Å². The third-order valence-corrected chi connectivity index (χ3v) is 7.45. The SMILES string of the molecule is CCc1ccc(S(=O)(=O)O)c(Cl)c1N=Nc1c(O)c(C(=O)Nc2c(Cl)cccc2OC)cc2ccccc12. The quantitative estimate of drug-likeness (QED) is 0.156. The van der Waals surface area contributed by atoms with Gasteiger partial charge in [0.2, 0.25) is 0 Å². The number of methoxy groups -OCH3 is 1. The van der Waals surface area contributed by atoms with Crippen LogP contribution in [0.4, 0.5) is 17.1 Å². The third kappa shape index (κ3) is 5.30. The minimum Gasteiger partial charge on any atom is -0.505 e. The Morgan fingerprint density at radius 2 is 1.74 bits per heavy atom. The molecule has 9 nitrogen and oxygen atoms in total. The maximum atomic E-state index is 13.3. The standard InChI is InChI=1S/C26H21Cl2N3O6S/c1-3-14-11-12-20(38(34,35)36)21(28)22(14)30-31-23-16-8-5-4-7-15(16)13-17(25(23)32)26(33)29-24-18(27)9-6-10-19(24)37-2/h4-13,32H,3H2,1-2H3,(H,29,33)(H,34,35,36). The second-order valence-electron chi connectivity index (χ2n) is 8.03. The summed E-state index contributed by atoms with van der Waals surface area (Å²) < 4.78 is 38.3. The van der Waals surface area contributed by atoms with Gasteiger partial charge in [-0.15, -0.1) is 10.2 Å². The normalized spacial score (nSPS) is 11.7. The number of nitrogens with zero attached hydrogens (tertiary/aromatic N) is 2. The van der Waals surface area contributed by atoms with Crippen LogP contribution < -0.4 is 10.1 Å². The van der Waals surface area contributed by atoms with Gasteiger partial charge in [-0.2, -0.15) is 8.42 Å². The molecule has 4 aromatic rings. The molecular weight excluding hydrogens is 553 g/mol. The van der Waals surface area contributed by atoms with Crippen molar-refractivity contribution in [2.75, 3.05) is 12.4 Å². The van der Waals surface area contributed by atoms with E-state index in [1.807, 2.05) is 0 Å². The molecule has 0 radical (unpaired) electrons. The summed E-state index contributed by atoms with van der Waals surface area (Å²) in [6.07, 6.45) is 0.425. The minimum absolute atomic E-state index is 0.00318. The molecule has 0 saturated heterocycles. The van der Waals surface area contributed by atoms with Crippen LogP contribution in [0.5, 0.6) is 11.5 Å². The molecule has 38 heavy (non-hydrogen) atoms. The van der Waals surface area contributed by atoms with E-state index in [1.165, 1.54) is 25.3 Å². The van der Waals surface area contributed by atoms with E-state index >= 15 is 0 Å². The summed E-state index contributed by atoms with van der Waals surface area (Å²) in [5, 5.41) is 23.1. The summed E-state index contributed by atoms with van der Waals surface area (Å²) in [6.45, 7) is 1.80. The zero-order valence-electron chi connectivity index (χ0n) is 20.1. The van der Waals surface area contributed by atoms with E-state index in [-0.39, 0.29) is 32.7 Å². The lowest BCUT2D eigenvalue weighted by molar-refractivity contribution is 0.102. The van der Waals surface area contributed by atoms with E-state index < -0.39 is 26.7 Å². The van der Waals surface area contributed by atoms with E-state index in [9.17, 15) is 22.9 Å². The van der Waals surface area contributed by atoms with Crippen molar-refractivity contribution in [3.8, 4) is 11.5 Å². The van der Waals surface area contributed by atoms with E-state index in [0.29, 0.717) is 28.5 Å². The average molecular weight is 574 g/mol. The van der Waals surface area contributed by atoms with E-state index in [4.69, 9.17) is 27.9 Å². The number of hydrogen-bond donors (Lipinski definition) is 3. The predicted octanol–water partition coefficient (Wildman–Crippen LogP) is 7.34. The van der Waals surface area contributed by atoms with Crippen molar-refractivity contribution in [3.05, 3.63) is 81.8 Å². The molecule has 0 atom stereocenters. The number of phenolic OH excluding ortho intramolecular Hbond substituents is 1. The summed E-state index contributed by atoms with van der Waals surface area (Å²) in [5.74, 6) is -0.834. The van der Waals surface area contributed by atoms with Crippen LogP contribution in [0.15, 0.2) is 75.8 Å². The Morgan fingerprint density at radius 1 is 1.03 bits per heavy atom. The van der Waals surface area contributed by atoms with Crippen molar-refractivity contribution < 1.29 is 27.6 Å². The van der Waals surface area contributed by atoms with Crippen molar-refractivity contribution >= 4 is 67.1 Å². The first-order valence-corrected chi connectivity index (χ1v) is 13.4. The first-order chi connectivity index (χ1) is 18.1. The van der Waals surface area contributed by atoms with Gasteiger partial charge in [-0.05, 0) is 41.6 Å². The fraction of sp³-hybridized carbons (Fsp3) is 0.115. The highest BCUT2D eigenvalue weighted by Gasteiger charge is 2.22. The summed E-state index contributed by atoms with van der Waals surface area (Å²) in [7, 11) is -3.19. The molecule has 0 aliphatic carbocycles. The van der Waals surface area contributed by atoms with E-state index in [0.717, 1.165) is 0 Å². The molecule has 3 N–H and O–H groups in total. The molecule has 0 aliphatic rings. The van der Waals surface area contributed by atoms with Gasteiger partial charge in [0.1, 0.15) is 27.7 Å². The van der Waals surface area contributed by atoms with Crippen LogP contribution in [-0.4, -0.2) is 31.1 Å². The summed E-state index contributed by atoms with van der Waals surface area (Å²) in [5.41, 5.74) is 0.611. The van der Waals surface area contributed by atoms with Crippen LogP contribution >= 0.6 is 23.2 Å². The molecule has 0 bridgehead atoms. The topological polar surface area (TPSA) is 138 Å². The number of anilines is 1. The van der Waals surface area contributed by atoms with Crippen LogP contribution in [0.3, 0.4) is 0 Å². The predicted molar refractivity (Wildman–Crippen MR) is 146 cm³/mol.